The van der Waals surface area contributed by atoms with E-state index in [1.807, 2.05) is 6.20 Å². The maximum atomic E-state index is 13.6. The Labute approximate surface area is 170 Å². The molecule has 0 saturated heterocycles. The van der Waals surface area contributed by atoms with Gasteiger partial charge in [-0.15, -0.1) is 0 Å². The number of hydrogen-bond acceptors (Lipinski definition) is 1. The lowest BCUT2D eigenvalue weighted by atomic mass is 9.82. The SMILES string of the molecule is CC(C)(C)c1ccc(-c2cc(S(C)(C)C)c(C3CCC(F)(F)CC3)cn2)cc1. The second-order valence-corrected chi connectivity index (χ2v) is 14.0. The van der Waals surface area contributed by atoms with Crippen LogP contribution in [0.2, 0.25) is 0 Å². The second kappa shape index (κ2) is 7.44. The Bertz CT molecular complexity index is 819. The van der Waals surface area contributed by atoms with Crippen LogP contribution in [-0.2, 0) is 5.41 Å². The van der Waals surface area contributed by atoms with Gasteiger partial charge < -0.3 is 0 Å². The Morgan fingerprint density at radius 3 is 2.07 bits per heavy atom. The Balaban J connectivity index is 1.95. The van der Waals surface area contributed by atoms with E-state index in [0.717, 1.165) is 11.3 Å². The third-order valence-electron chi connectivity index (χ3n) is 5.76. The predicted molar refractivity (Wildman–Crippen MR) is 118 cm³/mol. The highest BCUT2D eigenvalue weighted by atomic mass is 32.3. The number of halogens is 2. The lowest BCUT2D eigenvalue weighted by Crippen LogP contribution is -2.24. The molecule has 0 spiro atoms. The van der Waals surface area contributed by atoms with Crippen LogP contribution in [0.25, 0.3) is 11.3 Å². The number of aromatic nitrogens is 1. The van der Waals surface area contributed by atoms with Gasteiger partial charge in [-0.05, 0) is 65.0 Å². The van der Waals surface area contributed by atoms with Gasteiger partial charge in [0.25, 0.3) is 0 Å². The maximum Gasteiger partial charge on any atom is 0.248 e. The number of pyridine rings is 1. The Kier molecular flexibility index (Phi) is 5.66. The fourth-order valence-corrected chi connectivity index (χ4v) is 5.33. The molecule has 1 saturated carbocycles. The zero-order valence-corrected chi connectivity index (χ0v) is 18.8. The minimum atomic E-state index is -2.49. The molecule has 1 aliphatic carbocycles. The van der Waals surface area contributed by atoms with E-state index in [9.17, 15) is 8.78 Å². The molecule has 4 heteroatoms. The van der Waals surface area contributed by atoms with Gasteiger partial charge in [-0.25, -0.2) is 18.8 Å². The summed E-state index contributed by atoms with van der Waals surface area (Å²) in [4.78, 5) is 6.06. The maximum absolute atomic E-state index is 13.6. The Morgan fingerprint density at radius 1 is 1.00 bits per heavy atom. The van der Waals surface area contributed by atoms with Crippen LogP contribution in [0.15, 0.2) is 41.4 Å². The van der Waals surface area contributed by atoms with Crippen molar-refractivity contribution >= 4 is 10.0 Å². The fourth-order valence-electron chi connectivity index (χ4n) is 3.93. The van der Waals surface area contributed by atoms with Gasteiger partial charge in [0.2, 0.25) is 5.92 Å². The standard InChI is InChI=1S/C24H33F2NS/c1-23(2,3)19-9-7-18(8-10-19)21-15-22(28(4,5)6)20(16-27-21)17-11-13-24(25,26)14-12-17/h7-10,15-17H,11-14H2,1-6H3. The van der Waals surface area contributed by atoms with Crippen LogP contribution in [0.1, 0.15) is 63.5 Å². The molecule has 2 aromatic rings. The zero-order valence-electron chi connectivity index (χ0n) is 18.0. The van der Waals surface area contributed by atoms with Gasteiger partial charge in [-0.2, -0.15) is 0 Å². The zero-order chi connectivity index (χ0) is 20.7. The molecule has 1 fully saturated rings. The molecule has 1 aromatic heterocycles. The van der Waals surface area contributed by atoms with Crippen molar-refractivity contribution in [2.24, 2.45) is 0 Å². The lowest BCUT2D eigenvalue weighted by molar-refractivity contribution is -0.0384. The first kappa shape index (κ1) is 21.3. The van der Waals surface area contributed by atoms with E-state index in [4.69, 9.17) is 4.98 Å². The van der Waals surface area contributed by atoms with Gasteiger partial charge in [0.1, 0.15) is 0 Å². The third kappa shape index (κ3) is 4.76. The first-order valence-corrected chi connectivity index (χ1v) is 12.9. The van der Waals surface area contributed by atoms with Crippen molar-refractivity contribution in [3.63, 3.8) is 0 Å². The molecule has 0 aliphatic heterocycles. The number of alkyl halides is 2. The van der Waals surface area contributed by atoms with Crippen LogP contribution in [0.4, 0.5) is 8.78 Å². The van der Waals surface area contributed by atoms with Gasteiger partial charge in [0.15, 0.2) is 0 Å². The van der Waals surface area contributed by atoms with E-state index in [-0.39, 0.29) is 24.2 Å². The summed E-state index contributed by atoms with van der Waals surface area (Å²) in [5, 5.41) is 0. The van der Waals surface area contributed by atoms with Gasteiger partial charge >= 0.3 is 0 Å². The van der Waals surface area contributed by atoms with Crippen LogP contribution in [0, 0.1) is 0 Å². The highest BCUT2D eigenvalue weighted by Crippen LogP contribution is 2.52. The summed E-state index contributed by atoms with van der Waals surface area (Å²) in [7, 11) is -1.00. The molecule has 0 radical (unpaired) electrons. The van der Waals surface area contributed by atoms with Crippen molar-refractivity contribution in [2.45, 2.75) is 68.6 Å². The molecular weight excluding hydrogens is 372 g/mol. The third-order valence-corrected chi connectivity index (χ3v) is 7.43. The monoisotopic (exact) mass is 405 g/mol. The first-order chi connectivity index (χ1) is 12.9. The molecule has 1 nitrogen and oxygen atoms in total. The van der Waals surface area contributed by atoms with Gasteiger partial charge in [-0.3, -0.25) is 4.98 Å². The molecular formula is C24H33F2NS. The summed E-state index contributed by atoms with van der Waals surface area (Å²) in [5.74, 6) is -2.29. The number of rotatable bonds is 3. The van der Waals surface area contributed by atoms with E-state index in [0.29, 0.717) is 12.8 Å². The molecule has 0 N–H and O–H groups in total. The molecule has 28 heavy (non-hydrogen) atoms. The van der Waals surface area contributed by atoms with Crippen LogP contribution < -0.4 is 0 Å². The van der Waals surface area contributed by atoms with Crippen molar-refractivity contribution in [3.8, 4) is 11.3 Å². The Hall–Kier alpha value is -1.42. The molecule has 0 bridgehead atoms. The normalized spacial score (nSPS) is 18.9. The second-order valence-electron chi connectivity index (χ2n) is 9.90. The summed E-state index contributed by atoms with van der Waals surface area (Å²) in [6.07, 6.45) is 9.88. The predicted octanol–water partition coefficient (Wildman–Crippen LogP) is 7.39. The molecule has 0 atom stereocenters. The topological polar surface area (TPSA) is 12.9 Å². The Morgan fingerprint density at radius 2 is 1.57 bits per heavy atom. The molecule has 154 valence electrons. The molecule has 1 heterocycles. The highest BCUT2D eigenvalue weighted by Gasteiger charge is 2.36. The van der Waals surface area contributed by atoms with E-state index in [1.165, 1.54) is 16.0 Å². The van der Waals surface area contributed by atoms with Gasteiger partial charge in [0, 0.05) is 24.6 Å². The lowest BCUT2D eigenvalue weighted by Gasteiger charge is -2.34. The minimum Gasteiger partial charge on any atom is -0.256 e. The average Bonchev–Trinajstić information content (AvgIpc) is 2.60. The summed E-state index contributed by atoms with van der Waals surface area (Å²) >= 11 is 0. The van der Waals surface area contributed by atoms with Crippen molar-refractivity contribution in [1.82, 2.24) is 4.98 Å². The average molecular weight is 406 g/mol. The van der Waals surface area contributed by atoms with Crippen molar-refractivity contribution in [1.29, 1.82) is 0 Å². The highest BCUT2D eigenvalue weighted by molar-refractivity contribution is 8.32. The largest absolute Gasteiger partial charge is 0.256 e. The molecule has 0 amide bonds. The van der Waals surface area contributed by atoms with Gasteiger partial charge in [0.05, 0.1) is 5.69 Å². The van der Waals surface area contributed by atoms with Crippen LogP contribution in [0.5, 0.6) is 0 Å². The summed E-state index contributed by atoms with van der Waals surface area (Å²) in [5.41, 5.74) is 4.70. The van der Waals surface area contributed by atoms with Crippen molar-refractivity contribution in [2.75, 3.05) is 18.8 Å². The first-order valence-electron chi connectivity index (χ1n) is 10.0. The number of nitrogens with zero attached hydrogens (tertiary/aromatic N) is 1. The molecule has 1 aromatic carbocycles. The van der Waals surface area contributed by atoms with Crippen molar-refractivity contribution < 1.29 is 8.78 Å². The van der Waals surface area contributed by atoms with Crippen LogP contribution in [-0.4, -0.2) is 29.7 Å². The summed E-state index contributed by atoms with van der Waals surface area (Å²) in [6, 6.07) is 10.9. The number of hydrogen-bond donors (Lipinski definition) is 0. The van der Waals surface area contributed by atoms with Gasteiger partial charge in [-0.1, -0.05) is 45.0 Å². The molecule has 0 unspecified atom stereocenters. The van der Waals surface area contributed by atoms with E-state index >= 15 is 0 Å². The minimum absolute atomic E-state index is 0.00734. The van der Waals surface area contributed by atoms with Crippen molar-refractivity contribution in [3.05, 3.63) is 47.7 Å². The fraction of sp³-hybridized carbons (Fsp3) is 0.542. The smallest absolute Gasteiger partial charge is 0.248 e. The summed E-state index contributed by atoms with van der Waals surface area (Å²) < 4.78 is 27.2. The van der Waals surface area contributed by atoms with Crippen LogP contribution in [0.3, 0.4) is 0 Å². The van der Waals surface area contributed by atoms with E-state index in [2.05, 4.69) is 69.9 Å². The molecule has 1 aliphatic rings. The van der Waals surface area contributed by atoms with E-state index < -0.39 is 16.0 Å². The quantitative estimate of drug-likeness (QED) is 0.519. The molecule has 3 rings (SSSR count). The van der Waals surface area contributed by atoms with Crippen LogP contribution >= 0.6 is 10.0 Å². The van der Waals surface area contributed by atoms with E-state index in [1.54, 1.807) is 0 Å². The number of benzene rings is 1. The summed E-state index contributed by atoms with van der Waals surface area (Å²) in [6.45, 7) is 6.64.